The molecule has 13 heavy (non-hydrogen) atoms. The molecule has 0 saturated heterocycles. The zero-order valence-corrected chi connectivity index (χ0v) is 8.59. The van der Waals surface area contributed by atoms with E-state index in [-0.39, 0.29) is 11.9 Å². The molecule has 0 heterocycles. The summed E-state index contributed by atoms with van der Waals surface area (Å²) in [6.07, 6.45) is 0. The van der Waals surface area contributed by atoms with Crippen LogP contribution in [0, 0.1) is 5.92 Å². The Morgan fingerprint density at radius 2 is 1.92 bits per heavy atom. The van der Waals surface area contributed by atoms with Crippen molar-refractivity contribution in [3.05, 3.63) is 0 Å². The molecule has 0 aromatic rings. The molecule has 1 amide bonds. The molecule has 1 atom stereocenters. The fourth-order valence-electron chi connectivity index (χ4n) is 0.812. The molecule has 5 nitrogen and oxygen atoms in total. The van der Waals surface area contributed by atoms with E-state index in [1.165, 1.54) is 0 Å². The van der Waals surface area contributed by atoms with E-state index in [4.69, 9.17) is 11.5 Å². The number of nitrogens with zero attached hydrogens (tertiary/aromatic N) is 1. The predicted molar refractivity (Wildman–Crippen MR) is 53.1 cm³/mol. The third-order valence-corrected chi connectivity index (χ3v) is 2.30. The highest BCUT2D eigenvalue weighted by atomic mass is 16.1. The Balaban J connectivity index is 4.72. The predicted octanol–water partition coefficient (Wildman–Crippen LogP) is -0.579. The number of hydrogen-bond donors (Lipinski definition) is 3. The molecule has 0 aliphatic heterocycles. The van der Waals surface area contributed by atoms with Crippen LogP contribution in [0.4, 0.5) is 0 Å². The van der Waals surface area contributed by atoms with Gasteiger partial charge in [-0.05, 0) is 12.8 Å². The number of primary amides is 1. The number of guanidine groups is 1. The van der Waals surface area contributed by atoms with Gasteiger partial charge in [0, 0.05) is 7.05 Å². The third-order valence-electron chi connectivity index (χ3n) is 2.30. The fraction of sp³-hybridized carbons (Fsp3) is 0.750. The second-order valence-electron chi connectivity index (χ2n) is 3.46. The first-order valence-corrected chi connectivity index (χ1v) is 4.15. The summed E-state index contributed by atoms with van der Waals surface area (Å²) in [6.45, 7) is 5.49. The lowest BCUT2D eigenvalue weighted by Gasteiger charge is -2.31. The van der Waals surface area contributed by atoms with E-state index >= 15 is 0 Å². The fourth-order valence-corrected chi connectivity index (χ4v) is 0.812. The highest BCUT2D eigenvalue weighted by Gasteiger charge is 2.34. The summed E-state index contributed by atoms with van der Waals surface area (Å²) in [6, 6.07) is 0. The minimum atomic E-state index is -0.844. The van der Waals surface area contributed by atoms with E-state index in [1.54, 1.807) is 14.0 Å². The van der Waals surface area contributed by atoms with E-state index in [0.29, 0.717) is 0 Å². The van der Waals surface area contributed by atoms with E-state index in [9.17, 15) is 4.79 Å². The van der Waals surface area contributed by atoms with Crippen molar-refractivity contribution >= 4 is 11.9 Å². The molecule has 0 aromatic carbocycles. The number of amides is 1. The molecule has 5 heteroatoms. The standard InChI is InChI=1S/C8H18N4O/c1-5(2)8(3,6(9)13)12-7(10)11-4/h5H,1-4H3,(H2,9,13)(H3,10,11,12). The molecule has 0 saturated carbocycles. The van der Waals surface area contributed by atoms with Gasteiger partial charge in [-0.25, -0.2) is 0 Å². The van der Waals surface area contributed by atoms with E-state index in [1.807, 2.05) is 13.8 Å². The SMILES string of the molecule is CN=C(N)NC(C)(C(N)=O)C(C)C. The molecule has 0 bridgehead atoms. The average Bonchev–Trinajstić information content (AvgIpc) is 2.03. The number of rotatable bonds is 3. The Kier molecular flexibility index (Phi) is 3.71. The molecule has 0 fully saturated rings. The quantitative estimate of drug-likeness (QED) is 0.406. The van der Waals surface area contributed by atoms with Crippen LogP contribution in [-0.2, 0) is 4.79 Å². The highest BCUT2D eigenvalue weighted by molar-refractivity contribution is 5.90. The molecular weight excluding hydrogens is 168 g/mol. The first kappa shape index (κ1) is 11.7. The van der Waals surface area contributed by atoms with Crippen LogP contribution in [0.25, 0.3) is 0 Å². The van der Waals surface area contributed by atoms with Gasteiger partial charge in [0.25, 0.3) is 0 Å². The average molecular weight is 186 g/mol. The Hall–Kier alpha value is -1.26. The zero-order chi connectivity index (χ0) is 10.6. The molecule has 5 N–H and O–H groups in total. The summed E-state index contributed by atoms with van der Waals surface area (Å²) >= 11 is 0. The summed E-state index contributed by atoms with van der Waals surface area (Å²) in [7, 11) is 1.55. The van der Waals surface area contributed by atoms with Crippen molar-refractivity contribution in [2.75, 3.05) is 7.05 Å². The first-order chi connectivity index (χ1) is 5.84. The number of carbonyl (C=O) groups excluding carboxylic acids is 1. The lowest BCUT2D eigenvalue weighted by atomic mass is 9.88. The smallest absolute Gasteiger partial charge is 0.243 e. The molecule has 0 aliphatic carbocycles. The van der Waals surface area contributed by atoms with Crippen molar-refractivity contribution in [1.29, 1.82) is 0 Å². The van der Waals surface area contributed by atoms with E-state index in [2.05, 4.69) is 10.3 Å². The summed E-state index contributed by atoms with van der Waals surface area (Å²) in [5.74, 6) is -0.172. The van der Waals surface area contributed by atoms with Gasteiger partial charge in [0.15, 0.2) is 5.96 Å². The van der Waals surface area contributed by atoms with E-state index < -0.39 is 11.4 Å². The Morgan fingerprint density at radius 1 is 1.46 bits per heavy atom. The Bertz CT molecular complexity index is 224. The van der Waals surface area contributed by atoms with Gasteiger partial charge in [-0.1, -0.05) is 13.8 Å². The normalized spacial score (nSPS) is 16.8. The second kappa shape index (κ2) is 4.11. The minimum Gasteiger partial charge on any atom is -0.370 e. The molecule has 0 radical (unpaired) electrons. The molecule has 0 rings (SSSR count). The van der Waals surface area contributed by atoms with Crippen LogP contribution in [0.1, 0.15) is 20.8 Å². The van der Waals surface area contributed by atoms with Crippen LogP contribution in [-0.4, -0.2) is 24.5 Å². The minimum absolute atomic E-state index is 0.0466. The monoisotopic (exact) mass is 186 g/mol. The van der Waals surface area contributed by atoms with Gasteiger partial charge >= 0.3 is 0 Å². The summed E-state index contributed by atoms with van der Waals surface area (Å²) in [5.41, 5.74) is 9.89. The molecule has 0 aromatic heterocycles. The maximum Gasteiger partial charge on any atom is 0.243 e. The number of hydrogen-bond acceptors (Lipinski definition) is 2. The van der Waals surface area contributed by atoms with Crippen molar-refractivity contribution in [3.8, 4) is 0 Å². The summed E-state index contributed by atoms with van der Waals surface area (Å²) in [4.78, 5) is 14.9. The van der Waals surface area contributed by atoms with Crippen LogP contribution in [0.2, 0.25) is 0 Å². The number of aliphatic imine (C=N–C) groups is 1. The largest absolute Gasteiger partial charge is 0.370 e. The van der Waals surface area contributed by atoms with Gasteiger partial charge < -0.3 is 16.8 Å². The van der Waals surface area contributed by atoms with Gasteiger partial charge in [-0.15, -0.1) is 0 Å². The maximum atomic E-state index is 11.2. The molecule has 0 spiro atoms. The number of nitrogens with one attached hydrogen (secondary N) is 1. The molecule has 1 unspecified atom stereocenters. The van der Waals surface area contributed by atoms with Gasteiger partial charge in [-0.2, -0.15) is 0 Å². The Labute approximate surface area is 78.6 Å². The third kappa shape index (κ3) is 2.61. The zero-order valence-electron chi connectivity index (χ0n) is 8.59. The summed E-state index contributed by atoms with van der Waals surface area (Å²) < 4.78 is 0. The second-order valence-corrected chi connectivity index (χ2v) is 3.46. The first-order valence-electron chi connectivity index (χ1n) is 4.15. The van der Waals surface area contributed by atoms with Crippen LogP contribution in [0.15, 0.2) is 4.99 Å². The van der Waals surface area contributed by atoms with Crippen LogP contribution in [0.3, 0.4) is 0 Å². The van der Waals surface area contributed by atoms with Crippen LogP contribution in [0.5, 0.6) is 0 Å². The molecular formula is C8H18N4O. The number of nitrogens with two attached hydrogens (primary N) is 2. The van der Waals surface area contributed by atoms with Crippen molar-refractivity contribution in [2.45, 2.75) is 26.3 Å². The topological polar surface area (TPSA) is 93.5 Å². The van der Waals surface area contributed by atoms with Gasteiger partial charge in [-0.3, -0.25) is 9.79 Å². The van der Waals surface area contributed by atoms with Crippen LogP contribution >= 0.6 is 0 Å². The van der Waals surface area contributed by atoms with Gasteiger partial charge in [0.2, 0.25) is 5.91 Å². The summed E-state index contributed by atoms with van der Waals surface area (Å²) in [5, 5.41) is 2.80. The Morgan fingerprint density at radius 3 is 2.15 bits per heavy atom. The highest BCUT2D eigenvalue weighted by Crippen LogP contribution is 2.15. The maximum absolute atomic E-state index is 11.2. The van der Waals surface area contributed by atoms with Crippen molar-refractivity contribution in [2.24, 2.45) is 22.4 Å². The van der Waals surface area contributed by atoms with Gasteiger partial charge in [0.05, 0.1) is 0 Å². The number of carbonyl (C=O) groups is 1. The van der Waals surface area contributed by atoms with Crippen LogP contribution < -0.4 is 16.8 Å². The van der Waals surface area contributed by atoms with Gasteiger partial charge in [0.1, 0.15) is 5.54 Å². The van der Waals surface area contributed by atoms with Crippen molar-refractivity contribution < 1.29 is 4.79 Å². The van der Waals surface area contributed by atoms with E-state index in [0.717, 1.165) is 0 Å². The van der Waals surface area contributed by atoms with Crippen molar-refractivity contribution in [1.82, 2.24) is 5.32 Å². The molecule has 0 aliphatic rings. The lowest BCUT2D eigenvalue weighted by molar-refractivity contribution is -0.124. The lowest BCUT2D eigenvalue weighted by Crippen LogP contribution is -2.60. The van der Waals surface area contributed by atoms with Crippen molar-refractivity contribution in [3.63, 3.8) is 0 Å². The molecule has 76 valence electrons.